The number of nitrogens with one attached hydrogen (secondary N) is 1. The molecule has 0 radical (unpaired) electrons. The minimum absolute atomic E-state index is 0.0460. The smallest absolute Gasteiger partial charge is 0.186 e. The van der Waals surface area contributed by atoms with Crippen molar-refractivity contribution < 1.29 is 17.6 Å². The lowest BCUT2D eigenvalue weighted by atomic mass is 10.0. The van der Waals surface area contributed by atoms with Crippen LogP contribution in [-0.4, -0.2) is 10.7 Å². The second kappa shape index (κ2) is 4.48. The Hall–Kier alpha value is -1.63. The van der Waals surface area contributed by atoms with E-state index in [0.29, 0.717) is 0 Å². The lowest BCUT2D eigenvalue weighted by molar-refractivity contribution is 0.456. The summed E-state index contributed by atoms with van der Waals surface area (Å²) in [6.07, 6.45) is 2.85. The number of halogens is 4. The van der Waals surface area contributed by atoms with E-state index in [2.05, 4.69) is 5.32 Å². The number of nitrogens with zero attached hydrogens (tertiary/aromatic N) is 1. The van der Waals surface area contributed by atoms with Crippen LogP contribution in [0.3, 0.4) is 0 Å². The summed E-state index contributed by atoms with van der Waals surface area (Å²) >= 11 is 4.95. The Morgan fingerprint density at radius 1 is 1.11 bits per heavy atom. The molecule has 0 amide bonds. The number of thiocarbonyl (C=S) groups is 1. The van der Waals surface area contributed by atoms with Crippen molar-refractivity contribution in [2.75, 3.05) is 4.90 Å². The summed E-state index contributed by atoms with van der Waals surface area (Å²) < 4.78 is 53.6. The van der Waals surface area contributed by atoms with Gasteiger partial charge in [-0.3, -0.25) is 4.90 Å². The largest absolute Gasteiger partial charge is 0.354 e. The van der Waals surface area contributed by atoms with Crippen LogP contribution in [0.2, 0.25) is 0 Å². The molecule has 2 rings (SSSR count). The zero-order valence-electron chi connectivity index (χ0n) is 10.1. The first-order valence-electron chi connectivity index (χ1n) is 5.36. The van der Waals surface area contributed by atoms with Gasteiger partial charge in [0.1, 0.15) is 5.69 Å². The summed E-state index contributed by atoms with van der Waals surface area (Å²) in [5, 5.41) is 2.74. The first kappa shape index (κ1) is 13.8. The van der Waals surface area contributed by atoms with Crippen molar-refractivity contribution in [2.45, 2.75) is 19.4 Å². The van der Waals surface area contributed by atoms with E-state index < -0.39 is 34.5 Å². The highest BCUT2D eigenvalue weighted by Crippen LogP contribution is 2.30. The molecule has 0 fully saturated rings. The molecule has 1 aromatic carbocycles. The van der Waals surface area contributed by atoms with Gasteiger partial charge in [-0.2, -0.15) is 0 Å². The van der Waals surface area contributed by atoms with Gasteiger partial charge < -0.3 is 5.32 Å². The van der Waals surface area contributed by atoms with Crippen molar-refractivity contribution >= 4 is 23.0 Å². The molecule has 0 atom stereocenters. The van der Waals surface area contributed by atoms with Crippen LogP contribution in [0.1, 0.15) is 13.8 Å². The van der Waals surface area contributed by atoms with Gasteiger partial charge in [0, 0.05) is 12.3 Å². The van der Waals surface area contributed by atoms with Crippen molar-refractivity contribution in [1.82, 2.24) is 5.32 Å². The Labute approximate surface area is 112 Å². The molecule has 2 nitrogen and oxygen atoms in total. The number of hydrogen-bond acceptors (Lipinski definition) is 1. The van der Waals surface area contributed by atoms with Crippen molar-refractivity contribution in [2.24, 2.45) is 0 Å². The maximum absolute atomic E-state index is 13.6. The first-order chi connectivity index (χ1) is 8.73. The molecular formula is C12H10F4N2S. The predicted molar refractivity (Wildman–Crippen MR) is 67.7 cm³/mol. The average Bonchev–Trinajstić information content (AvgIpc) is 2.29. The van der Waals surface area contributed by atoms with Crippen molar-refractivity contribution in [3.05, 3.63) is 41.6 Å². The van der Waals surface area contributed by atoms with Gasteiger partial charge in [0.2, 0.25) is 0 Å². The highest BCUT2D eigenvalue weighted by molar-refractivity contribution is 7.80. The molecule has 0 spiro atoms. The third-order valence-corrected chi connectivity index (χ3v) is 2.92. The monoisotopic (exact) mass is 290 g/mol. The summed E-state index contributed by atoms with van der Waals surface area (Å²) in [4.78, 5) is 0.859. The van der Waals surface area contributed by atoms with E-state index in [1.165, 1.54) is 6.20 Å². The molecule has 102 valence electrons. The molecule has 1 N–H and O–H groups in total. The summed E-state index contributed by atoms with van der Waals surface area (Å²) in [6, 6.07) is 0.155. The van der Waals surface area contributed by atoms with Crippen LogP contribution in [0, 0.1) is 23.3 Å². The minimum Gasteiger partial charge on any atom is -0.354 e. The van der Waals surface area contributed by atoms with E-state index in [1.807, 2.05) is 0 Å². The Kier molecular flexibility index (Phi) is 3.25. The summed E-state index contributed by atoms with van der Waals surface area (Å²) in [6.45, 7) is 3.57. The van der Waals surface area contributed by atoms with Gasteiger partial charge in [-0.05, 0) is 32.1 Å². The zero-order chi connectivity index (χ0) is 14.4. The van der Waals surface area contributed by atoms with Crippen LogP contribution >= 0.6 is 12.2 Å². The van der Waals surface area contributed by atoms with E-state index in [4.69, 9.17) is 12.2 Å². The third-order valence-electron chi connectivity index (χ3n) is 2.62. The van der Waals surface area contributed by atoms with Gasteiger partial charge in [0.25, 0.3) is 0 Å². The molecule has 1 aliphatic rings. The molecule has 1 heterocycles. The van der Waals surface area contributed by atoms with Crippen molar-refractivity contribution in [3.8, 4) is 0 Å². The molecule has 0 saturated heterocycles. The van der Waals surface area contributed by atoms with Crippen molar-refractivity contribution in [3.63, 3.8) is 0 Å². The molecular weight excluding hydrogens is 280 g/mol. The Balaban J connectivity index is 2.58. The lowest BCUT2D eigenvalue weighted by Crippen LogP contribution is -2.51. The standard InChI is InChI=1S/C12H10F4N2S/c1-12(2)3-4-18(11(19)17-12)10-8(15)6(13)5-7(14)9(10)16/h3-5H,1-2H3,(H,17,19). The maximum Gasteiger partial charge on any atom is 0.186 e. The molecule has 0 bridgehead atoms. The lowest BCUT2D eigenvalue weighted by Gasteiger charge is -2.34. The van der Waals surface area contributed by atoms with Gasteiger partial charge in [-0.15, -0.1) is 0 Å². The average molecular weight is 290 g/mol. The topological polar surface area (TPSA) is 15.3 Å². The SMILES string of the molecule is CC1(C)C=CN(c2c(F)c(F)cc(F)c2F)C(=S)N1. The van der Waals surface area contributed by atoms with E-state index >= 15 is 0 Å². The minimum atomic E-state index is -1.49. The third kappa shape index (κ3) is 2.42. The summed E-state index contributed by atoms with van der Waals surface area (Å²) in [7, 11) is 0. The number of benzene rings is 1. The van der Waals surface area contributed by atoms with Crippen LogP contribution < -0.4 is 10.2 Å². The molecule has 7 heteroatoms. The molecule has 19 heavy (non-hydrogen) atoms. The van der Waals surface area contributed by atoms with E-state index in [0.717, 1.165) is 4.90 Å². The fourth-order valence-corrected chi connectivity index (χ4v) is 2.07. The Bertz CT molecular complexity index is 557. The molecule has 0 aliphatic carbocycles. The molecule has 0 unspecified atom stereocenters. The Morgan fingerprint density at radius 3 is 2.11 bits per heavy atom. The van der Waals surface area contributed by atoms with Crippen molar-refractivity contribution in [1.29, 1.82) is 0 Å². The summed E-state index contributed by atoms with van der Waals surface area (Å²) in [5.41, 5.74) is -1.38. The zero-order valence-corrected chi connectivity index (χ0v) is 10.9. The number of hydrogen-bond donors (Lipinski definition) is 1. The van der Waals surface area contributed by atoms with Crippen LogP contribution in [0.25, 0.3) is 0 Å². The quantitative estimate of drug-likeness (QED) is 0.485. The van der Waals surface area contributed by atoms with Gasteiger partial charge >= 0.3 is 0 Å². The highest BCUT2D eigenvalue weighted by Gasteiger charge is 2.30. The molecule has 0 aromatic heterocycles. The molecule has 0 saturated carbocycles. The number of rotatable bonds is 1. The van der Waals surface area contributed by atoms with Crippen LogP contribution in [0.4, 0.5) is 23.2 Å². The maximum atomic E-state index is 13.6. The van der Waals surface area contributed by atoms with Gasteiger partial charge in [0.15, 0.2) is 28.4 Å². The highest BCUT2D eigenvalue weighted by atomic mass is 32.1. The molecule has 1 aromatic rings. The fourth-order valence-electron chi connectivity index (χ4n) is 1.65. The van der Waals surface area contributed by atoms with Crippen LogP contribution in [-0.2, 0) is 0 Å². The molecule has 1 aliphatic heterocycles. The summed E-state index contributed by atoms with van der Waals surface area (Å²) in [5.74, 6) is -5.94. The second-order valence-corrected chi connectivity index (χ2v) is 5.04. The normalized spacial score (nSPS) is 17.6. The van der Waals surface area contributed by atoms with Gasteiger partial charge in [0.05, 0.1) is 5.54 Å². The second-order valence-electron chi connectivity index (χ2n) is 4.65. The fraction of sp³-hybridized carbons (Fsp3) is 0.250. The predicted octanol–water partition coefficient (Wildman–Crippen LogP) is 3.23. The first-order valence-corrected chi connectivity index (χ1v) is 5.77. The van der Waals surface area contributed by atoms with Gasteiger partial charge in [-0.25, -0.2) is 17.6 Å². The van der Waals surface area contributed by atoms with Crippen LogP contribution in [0.15, 0.2) is 18.3 Å². The van der Waals surface area contributed by atoms with Gasteiger partial charge in [-0.1, -0.05) is 0 Å². The Morgan fingerprint density at radius 2 is 1.63 bits per heavy atom. The van der Waals surface area contributed by atoms with E-state index in [-0.39, 0.29) is 11.2 Å². The van der Waals surface area contributed by atoms with E-state index in [9.17, 15) is 17.6 Å². The van der Waals surface area contributed by atoms with E-state index in [1.54, 1.807) is 19.9 Å². The number of anilines is 1. The van der Waals surface area contributed by atoms with Crippen LogP contribution in [0.5, 0.6) is 0 Å².